The van der Waals surface area contributed by atoms with Crippen molar-refractivity contribution in [2.24, 2.45) is 0 Å². The molecule has 1 aliphatic heterocycles. The molecular formula is C17H22N4O3. The van der Waals surface area contributed by atoms with Crippen molar-refractivity contribution in [1.29, 1.82) is 0 Å². The number of amides is 1. The molecule has 0 spiro atoms. The van der Waals surface area contributed by atoms with Crippen molar-refractivity contribution in [3.8, 4) is 0 Å². The van der Waals surface area contributed by atoms with Gasteiger partial charge in [0.2, 0.25) is 5.89 Å². The van der Waals surface area contributed by atoms with Crippen LogP contribution < -0.4 is 0 Å². The Morgan fingerprint density at radius 3 is 2.75 bits per heavy atom. The summed E-state index contributed by atoms with van der Waals surface area (Å²) in [5, 5.41) is 4.15. The Morgan fingerprint density at radius 1 is 1.29 bits per heavy atom. The number of furan rings is 1. The molecule has 1 atom stereocenters. The molecule has 0 unspecified atom stereocenters. The van der Waals surface area contributed by atoms with E-state index in [9.17, 15) is 4.79 Å². The molecule has 2 aromatic heterocycles. The second-order valence-electron chi connectivity index (χ2n) is 6.88. The van der Waals surface area contributed by atoms with Crippen LogP contribution in [0.3, 0.4) is 0 Å². The summed E-state index contributed by atoms with van der Waals surface area (Å²) in [4.78, 5) is 21.3. The number of carbonyl (C=O) groups excluding carboxylic acids is 1. The maximum atomic E-state index is 12.8. The first-order valence-electron chi connectivity index (χ1n) is 8.43. The monoisotopic (exact) mass is 330 g/mol. The molecule has 7 nitrogen and oxygen atoms in total. The number of carbonyl (C=O) groups is 1. The number of nitrogens with zero attached hydrogens (tertiary/aromatic N) is 4. The Hall–Kier alpha value is -2.15. The zero-order chi connectivity index (χ0) is 16.8. The lowest BCUT2D eigenvalue weighted by Gasteiger charge is -2.37. The predicted octanol–water partition coefficient (Wildman–Crippen LogP) is 2.29. The van der Waals surface area contributed by atoms with Crippen LogP contribution in [0.25, 0.3) is 0 Å². The summed E-state index contributed by atoms with van der Waals surface area (Å²) < 4.78 is 11.0. The van der Waals surface area contributed by atoms with Crippen molar-refractivity contribution < 1.29 is 13.7 Å². The maximum Gasteiger partial charge on any atom is 0.289 e. The first-order valence-corrected chi connectivity index (χ1v) is 8.43. The molecule has 3 heterocycles. The molecule has 0 radical (unpaired) electrons. The summed E-state index contributed by atoms with van der Waals surface area (Å²) in [7, 11) is 2.03. The van der Waals surface area contributed by atoms with E-state index in [0.29, 0.717) is 30.6 Å². The fourth-order valence-electron chi connectivity index (χ4n) is 3.21. The van der Waals surface area contributed by atoms with Gasteiger partial charge in [0, 0.05) is 31.1 Å². The fourth-order valence-corrected chi connectivity index (χ4v) is 3.21. The standard InChI is InChI=1S/C17H22N4O3/c1-10-8-11(2)23-14(10)17(22)21-7-6-20(3)13(9-21)15-18-16(24-19-15)12-4-5-12/h8,12-13H,4-7,9H2,1-3H3/t13-/m0/s1. The van der Waals surface area contributed by atoms with Crippen LogP contribution >= 0.6 is 0 Å². The van der Waals surface area contributed by atoms with E-state index < -0.39 is 0 Å². The van der Waals surface area contributed by atoms with Crippen molar-refractivity contribution in [1.82, 2.24) is 19.9 Å². The molecule has 2 aliphatic rings. The summed E-state index contributed by atoms with van der Waals surface area (Å²) in [6.45, 7) is 5.73. The topological polar surface area (TPSA) is 75.6 Å². The Labute approximate surface area is 140 Å². The van der Waals surface area contributed by atoms with Gasteiger partial charge in [-0.05, 0) is 39.8 Å². The van der Waals surface area contributed by atoms with E-state index in [1.807, 2.05) is 31.9 Å². The minimum atomic E-state index is -0.0652. The Bertz CT molecular complexity index is 762. The number of likely N-dealkylation sites (N-methyl/N-ethyl adjacent to an activating group) is 1. The number of piperazine rings is 1. The summed E-state index contributed by atoms with van der Waals surface area (Å²) in [5.74, 6) is 2.97. The fraction of sp³-hybridized carbons (Fsp3) is 0.588. The number of aromatic nitrogens is 2. The average Bonchev–Trinajstić information content (AvgIpc) is 3.19. The molecule has 0 N–H and O–H groups in total. The van der Waals surface area contributed by atoms with Gasteiger partial charge in [-0.3, -0.25) is 9.69 Å². The van der Waals surface area contributed by atoms with Gasteiger partial charge in [0.15, 0.2) is 11.6 Å². The maximum absolute atomic E-state index is 12.8. The third-order valence-corrected chi connectivity index (χ3v) is 4.85. The lowest BCUT2D eigenvalue weighted by Crippen LogP contribution is -2.49. The third kappa shape index (κ3) is 2.73. The summed E-state index contributed by atoms with van der Waals surface area (Å²) in [6.07, 6.45) is 2.26. The first kappa shape index (κ1) is 15.4. The molecule has 128 valence electrons. The van der Waals surface area contributed by atoms with Crippen LogP contribution in [0.1, 0.15) is 58.4 Å². The highest BCUT2D eigenvalue weighted by atomic mass is 16.5. The van der Waals surface area contributed by atoms with Gasteiger partial charge < -0.3 is 13.8 Å². The van der Waals surface area contributed by atoms with Crippen LogP contribution in [0.15, 0.2) is 15.0 Å². The normalized spacial score (nSPS) is 22.1. The molecule has 0 bridgehead atoms. The van der Waals surface area contributed by atoms with Gasteiger partial charge in [-0.1, -0.05) is 5.16 Å². The summed E-state index contributed by atoms with van der Waals surface area (Å²) >= 11 is 0. The van der Waals surface area contributed by atoms with Crippen LogP contribution in [0, 0.1) is 13.8 Å². The van der Waals surface area contributed by atoms with E-state index in [1.165, 1.54) is 0 Å². The summed E-state index contributed by atoms with van der Waals surface area (Å²) in [5.41, 5.74) is 0.878. The molecule has 2 aromatic rings. The number of rotatable bonds is 3. The molecular weight excluding hydrogens is 308 g/mol. The van der Waals surface area contributed by atoms with Crippen LogP contribution in [0.5, 0.6) is 0 Å². The Balaban J connectivity index is 1.53. The van der Waals surface area contributed by atoms with Crippen LogP contribution in [0.4, 0.5) is 0 Å². The van der Waals surface area contributed by atoms with Gasteiger partial charge in [0.25, 0.3) is 5.91 Å². The Morgan fingerprint density at radius 2 is 2.08 bits per heavy atom. The smallest absolute Gasteiger partial charge is 0.289 e. The minimum absolute atomic E-state index is 0.0460. The highest BCUT2D eigenvalue weighted by Gasteiger charge is 2.35. The van der Waals surface area contributed by atoms with E-state index >= 15 is 0 Å². The summed E-state index contributed by atoms with van der Waals surface area (Å²) in [6, 6.07) is 1.84. The molecule has 0 aromatic carbocycles. The molecule has 1 saturated carbocycles. The van der Waals surface area contributed by atoms with Crippen LogP contribution in [0.2, 0.25) is 0 Å². The quantitative estimate of drug-likeness (QED) is 0.859. The second-order valence-corrected chi connectivity index (χ2v) is 6.88. The molecule has 7 heteroatoms. The van der Waals surface area contributed by atoms with E-state index in [2.05, 4.69) is 15.0 Å². The largest absolute Gasteiger partial charge is 0.456 e. The van der Waals surface area contributed by atoms with Gasteiger partial charge in [-0.2, -0.15) is 4.98 Å². The van der Waals surface area contributed by atoms with Gasteiger partial charge in [-0.25, -0.2) is 0 Å². The SMILES string of the molecule is Cc1cc(C)c(C(=O)N2CCN(C)[C@H](c3noc(C4CC4)n3)C2)o1. The lowest BCUT2D eigenvalue weighted by molar-refractivity contribution is 0.0498. The third-order valence-electron chi connectivity index (χ3n) is 4.85. The van der Waals surface area contributed by atoms with Crippen LogP contribution in [-0.4, -0.2) is 52.5 Å². The zero-order valence-corrected chi connectivity index (χ0v) is 14.3. The molecule has 4 rings (SSSR count). The molecule has 1 amide bonds. The van der Waals surface area contributed by atoms with E-state index in [0.717, 1.165) is 36.6 Å². The van der Waals surface area contributed by atoms with Crippen molar-refractivity contribution >= 4 is 5.91 Å². The Kier molecular flexibility index (Phi) is 3.68. The molecule has 1 aliphatic carbocycles. The highest BCUT2D eigenvalue weighted by Crippen LogP contribution is 2.39. The van der Waals surface area contributed by atoms with Crippen molar-refractivity contribution in [2.75, 3.05) is 26.7 Å². The van der Waals surface area contributed by atoms with Crippen molar-refractivity contribution in [2.45, 2.75) is 38.6 Å². The molecule has 1 saturated heterocycles. The average molecular weight is 330 g/mol. The predicted molar refractivity (Wildman–Crippen MR) is 85.7 cm³/mol. The van der Waals surface area contributed by atoms with Gasteiger partial charge in [0.1, 0.15) is 5.76 Å². The minimum Gasteiger partial charge on any atom is -0.456 e. The molecule has 24 heavy (non-hydrogen) atoms. The zero-order valence-electron chi connectivity index (χ0n) is 14.3. The number of hydrogen-bond acceptors (Lipinski definition) is 6. The van der Waals surface area contributed by atoms with Gasteiger partial charge in [-0.15, -0.1) is 0 Å². The van der Waals surface area contributed by atoms with E-state index in [1.54, 1.807) is 0 Å². The first-order chi connectivity index (χ1) is 11.5. The van der Waals surface area contributed by atoms with Crippen LogP contribution in [-0.2, 0) is 0 Å². The van der Waals surface area contributed by atoms with Gasteiger partial charge in [0.05, 0.1) is 6.04 Å². The van der Waals surface area contributed by atoms with Crippen molar-refractivity contribution in [3.05, 3.63) is 34.9 Å². The van der Waals surface area contributed by atoms with E-state index in [4.69, 9.17) is 8.94 Å². The second kappa shape index (κ2) is 5.73. The molecule has 2 fully saturated rings. The number of hydrogen-bond donors (Lipinski definition) is 0. The van der Waals surface area contributed by atoms with E-state index in [-0.39, 0.29) is 11.9 Å². The lowest BCUT2D eigenvalue weighted by atomic mass is 10.1. The van der Waals surface area contributed by atoms with Crippen molar-refractivity contribution in [3.63, 3.8) is 0 Å². The number of aryl methyl sites for hydroxylation is 2. The highest BCUT2D eigenvalue weighted by molar-refractivity contribution is 5.93. The van der Waals surface area contributed by atoms with Gasteiger partial charge >= 0.3 is 0 Å².